The molecule has 0 spiro atoms. The highest BCUT2D eigenvalue weighted by molar-refractivity contribution is 7.17. The Kier molecular flexibility index (Phi) is 6.64. The zero-order valence-electron chi connectivity index (χ0n) is 16.4. The predicted octanol–water partition coefficient (Wildman–Crippen LogP) is 3.41. The second-order valence-corrected chi connectivity index (χ2v) is 9.85. The van der Waals surface area contributed by atoms with E-state index in [9.17, 15) is 9.59 Å². The molecule has 1 saturated heterocycles. The molecule has 6 nitrogen and oxygen atoms in total. The third kappa shape index (κ3) is 5.06. The second kappa shape index (κ2) is 9.38. The van der Waals surface area contributed by atoms with Crippen LogP contribution in [0.5, 0.6) is 0 Å². The molecule has 0 aromatic carbocycles. The lowest BCUT2D eigenvalue weighted by Gasteiger charge is -2.24. The van der Waals surface area contributed by atoms with Crippen molar-refractivity contribution in [1.29, 1.82) is 0 Å². The molecule has 1 aliphatic heterocycles. The van der Waals surface area contributed by atoms with Crippen molar-refractivity contribution in [2.24, 2.45) is 5.73 Å². The minimum absolute atomic E-state index is 0.111. The number of anilines is 1. The summed E-state index contributed by atoms with van der Waals surface area (Å²) in [6.45, 7) is 2.51. The third-order valence-electron chi connectivity index (χ3n) is 5.48. The third-order valence-corrected chi connectivity index (χ3v) is 7.55. The summed E-state index contributed by atoms with van der Waals surface area (Å²) in [4.78, 5) is 29.5. The Hall–Kier alpha value is -1.74. The Morgan fingerprint density at radius 3 is 2.86 bits per heavy atom. The first kappa shape index (κ1) is 20.5. The summed E-state index contributed by atoms with van der Waals surface area (Å²) in [5.74, 6) is -0.560. The van der Waals surface area contributed by atoms with Crippen molar-refractivity contribution in [2.45, 2.75) is 51.2 Å². The largest absolute Gasteiger partial charge is 0.377 e. The first-order valence-corrected chi connectivity index (χ1v) is 11.9. The van der Waals surface area contributed by atoms with E-state index in [1.165, 1.54) is 21.1 Å². The van der Waals surface area contributed by atoms with E-state index in [4.69, 9.17) is 10.5 Å². The van der Waals surface area contributed by atoms with Gasteiger partial charge in [-0.25, -0.2) is 0 Å². The Morgan fingerprint density at radius 1 is 1.28 bits per heavy atom. The average Bonchev–Trinajstić information content (AvgIpc) is 3.41. The van der Waals surface area contributed by atoms with Crippen molar-refractivity contribution in [3.8, 4) is 0 Å². The number of thiophene rings is 2. The SMILES string of the molecule is NC(=O)c1c(NC(=O)CN(Cc2cccs2)C[C@H]2CCCO2)sc2c1CCCC2. The van der Waals surface area contributed by atoms with Gasteiger partial charge < -0.3 is 15.8 Å². The first-order valence-electron chi connectivity index (χ1n) is 10.2. The van der Waals surface area contributed by atoms with Crippen LogP contribution in [0.2, 0.25) is 0 Å². The topological polar surface area (TPSA) is 84.7 Å². The Bertz CT molecular complexity index is 857. The molecule has 1 fully saturated rings. The summed E-state index contributed by atoms with van der Waals surface area (Å²) in [7, 11) is 0. The monoisotopic (exact) mass is 433 g/mol. The Morgan fingerprint density at radius 2 is 2.14 bits per heavy atom. The number of carbonyl (C=O) groups is 2. The number of nitrogens with zero attached hydrogens (tertiary/aromatic N) is 1. The predicted molar refractivity (Wildman–Crippen MR) is 117 cm³/mol. The highest BCUT2D eigenvalue weighted by Gasteiger charge is 2.26. The number of rotatable bonds is 8. The summed E-state index contributed by atoms with van der Waals surface area (Å²) in [5, 5.41) is 5.65. The fourth-order valence-corrected chi connectivity index (χ4v) is 6.23. The number of aryl methyl sites for hydroxylation is 1. The van der Waals surface area contributed by atoms with E-state index >= 15 is 0 Å². The maximum atomic E-state index is 12.9. The number of amides is 2. The molecular formula is C21H27N3O3S2. The van der Waals surface area contributed by atoms with Gasteiger partial charge in [-0.15, -0.1) is 22.7 Å². The van der Waals surface area contributed by atoms with Crippen LogP contribution in [0.15, 0.2) is 17.5 Å². The van der Waals surface area contributed by atoms with Crippen LogP contribution in [0, 0.1) is 0 Å². The van der Waals surface area contributed by atoms with E-state index in [0.717, 1.165) is 57.2 Å². The molecule has 4 rings (SSSR count). The number of carbonyl (C=O) groups excluding carboxylic acids is 2. The molecule has 2 aliphatic rings. The fraction of sp³-hybridized carbons (Fsp3) is 0.524. The van der Waals surface area contributed by atoms with Crippen molar-refractivity contribution in [3.63, 3.8) is 0 Å². The lowest BCUT2D eigenvalue weighted by Crippen LogP contribution is -2.37. The number of hydrogen-bond donors (Lipinski definition) is 2. The van der Waals surface area contributed by atoms with Crippen LogP contribution in [0.25, 0.3) is 0 Å². The molecule has 3 N–H and O–H groups in total. The van der Waals surface area contributed by atoms with Gasteiger partial charge in [-0.05, 0) is 55.5 Å². The van der Waals surface area contributed by atoms with Crippen LogP contribution < -0.4 is 11.1 Å². The van der Waals surface area contributed by atoms with Gasteiger partial charge in [-0.3, -0.25) is 14.5 Å². The number of nitrogens with two attached hydrogens (primary N) is 1. The molecule has 156 valence electrons. The lowest BCUT2D eigenvalue weighted by molar-refractivity contribution is -0.117. The van der Waals surface area contributed by atoms with Crippen LogP contribution in [-0.4, -0.2) is 42.5 Å². The summed E-state index contributed by atoms with van der Waals surface area (Å²) in [6, 6.07) is 4.11. The average molecular weight is 434 g/mol. The van der Waals surface area contributed by atoms with Gasteiger partial charge in [0.15, 0.2) is 0 Å². The molecule has 3 heterocycles. The van der Waals surface area contributed by atoms with E-state index in [0.29, 0.717) is 17.1 Å². The van der Waals surface area contributed by atoms with Gasteiger partial charge in [0, 0.05) is 29.5 Å². The molecule has 2 amide bonds. The van der Waals surface area contributed by atoms with Crippen LogP contribution in [-0.2, 0) is 28.9 Å². The zero-order valence-corrected chi connectivity index (χ0v) is 18.1. The summed E-state index contributed by atoms with van der Waals surface area (Å²) in [6.07, 6.45) is 6.29. The van der Waals surface area contributed by atoms with E-state index in [1.54, 1.807) is 11.3 Å². The summed E-state index contributed by atoms with van der Waals surface area (Å²) < 4.78 is 5.78. The Balaban J connectivity index is 1.46. The maximum absolute atomic E-state index is 12.9. The van der Waals surface area contributed by atoms with Crippen LogP contribution in [0.1, 0.15) is 51.4 Å². The van der Waals surface area contributed by atoms with Crippen molar-refractivity contribution < 1.29 is 14.3 Å². The highest BCUT2D eigenvalue weighted by atomic mass is 32.1. The van der Waals surface area contributed by atoms with E-state index in [1.807, 2.05) is 6.07 Å². The zero-order chi connectivity index (χ0) is 20.2. The first-order chi connectivity index (χ1) is 14.1. The number of nitrogens with one attached hydrogen (secondary N) is 1. The molecular weight excluding hydrogens is 406 g/mol. The minimum Gasteiger partial charge on any atom is -0.377 e. The maximum Gasteiger partial charge on any atom is 0.251 e. The van der Waals surface area contributed by atoms with Gasteiger partial charge in [0.25, 0.3) is 5.91 Å². The van der Waals surface area contributed by atoms with Gasteiger partial charge in [0.05, 0.1) is 18.2 Å². The van der Waals surface area contributed by atoms with Gasteiger partial charge in [0.1, 0.15) is 5.00 Å². The van der Waals surface area contributed by atoms with E-state index in [2.05, 4.69) is 21.7 Å². The van der Waals surface area contributed by atoms with Crippen LogP contribution in [0.3, 0.4) is 0 Å². The number of hydrogen-bond acceptors (Lipinski definition) is 6. The van der Waals surface area contributed by atoms with Crippen molar-refractivity contribution in [3.05, 3.63) is 38.4 Å². The summed E-state index contributed by atoms with van der Waals surface area (Å²) in [5.41, 5.74) is 7.21. The normalized spacial score (nSPS) is 18.7. The number of primary amides is 1. The van der Waals surface area contributed by atoms with Gasteiger partial charge in [-0.2, -0.15) is 0 Å². The standard InChI is InChI=1S/C21H27N3O3S2/c22-20(26)19-16-7-1-2-8-17(16)29-21(19)23-18(25)13-24(11-14-5-3-9-27-14)12-15-6-4-10-28-15/h4,6,10,14H,1-3,5,7-9,11-13H2,(H2,22,26)(H,23,25)/t14-/m1/s1. The number of ether oxygens (including phenoxy) is 1. The van der Waals surface area contributed by atoms with Gasteiger partial charge in [0.2, 0.25) is 5.91 Å². The Labute approximate surface area is 179 Å². The molecule has 0 radical (unpaired) electrons. The van der Waals surface area contributed by atoms with E-state index < -0.39 is 5.91 Å². The van der Waals surface area contributed by atoms with E-state index in [-0.39, 0.29) is 18.6 Å². The van der Waals surface area contributed by atoms with Crippen molar-refractivity contribution >= 4 is 39.5 Å². The fourth-order valence-electron chi connectivity index (χ4n) is 4.17. The summed E-state index contributed by atoms with van der Waals surface area (Å²) >= 11 is 3.20. The highest BCUT2D eigenvalue weighted by Crippen LogP contribution is 2.37. The molecule has 29 heavy (non-hydrogen) atoms. The smallest absolute Gasteiger partial charge is 0.251 e. The molecule has 8 heteroatoms. The van der Waals surface area contributed by atoms with Crippen molar-refractivity contribution in [1.82, 2.24) is 4.90 Å². The second-order valence-electron chi connectivity index (χ2n) is 7.71. The van der Waals surface area contributed by atoms with Gasteiger partial charge >= 0.3 is 0 Å². The molecule has 1 aliphatic carbocycles. The molecule has 0 saturated carbocycles. The molecule has 0 unspecified atom stereocenters. The van der Waals surface area contributed by atoms with Crippen LogP contribution in [0.4, 0.5) is 5.00 Å². The van der Waals surface area contributed by atoms with Crippen molar-refractivity contribution in [2.75, 3.05) is 25.0 Å². The molecule has 1 atom stereocenters. The van der Waals surface area contributed by atoms with Gasteiger partial charge in [-0.1, -0.05) is 6.07 Å². The lowest BCUT2D eigenvalue weighted by atomic mass is 9.95. The molecule has 2 aromatic heterocycles. The number of fused-ring (bicyclic) bond motifs is 1. The molecule has 0 bridgehead atoms. The quantitative estimate of drug-likeness (QED) is 0.668. The van der Waals surface area contributed by atoms with Crippen LogP contribution >= 0.6 is 22.7 Å². The molecule has 2 aromatic rings. The minimum atomic E-state index is -0.450.